The summed E-state index contributed by atoms with van der Waals surface area (Å²) in [5.74, 6) is 2.54. The number of hydrogen-bond acceptors (Lipinski definition) is 6. The monoisotopic (exact) mass is 637 g/mol. The second-order valence-corrected chi connectivity index (χ2v) is 17.1. The minimum absolute atomic E-state index is 0.185. The summed E-state index contributed by atoms with van der Waals surface area (Å²) >= 11 is 0. The molecule has 2 aromatic carbocycles. The first-order valence-electron chi connectivity index (χ1n) is 17.2. The highest BCUT2D eigenvalue weighted by Gasteiger charge is 2.58. The van der Waals surface area contributed by atoms with Gasteiger partial charge in [-0.1, -0.05) is 58.7 Å². The average Bonchev–Trinajstić information content (AvgIpc) is 3.32. The molecule has 8 heteroatoms. The predicted octanol–water partition coefficient (Wildman–Crippen LogP) is 7.57. The molecule has 0 aromatic heterocycles. The van der Waals surface area contributed by atoms with Gasteiger partial charge in [0.05, 0.1) is 11.0 Å². The number of sulfonamides is 1. The molecule has 248 valence electrons. The van der Waals surface area contributed by atoms with Crippen molar-refractivity contribution in [3.8, 4) is 0 Å². The molecule has 2 N–H and O–H groups in total. The molecular weight excluding hydrogens is 582 g/mol. The number of hydrogen-bond donors (Lipinski definition) is 2. The van der Waals surface area contributed by atoms with Crippen molar-refractivity contribution in [1.82, 2.24) is 4.83 Å². The van der Waals surface area contributed by atoms with Crippen LogP contribution in [0.3, 0.4) is 0 Å². The lowest BCUT2D eigenvalue weighted by molar-refractivity contribution is -0.144. The molecule has 0 aliphatic heterocycles. The van der Waals surface area contributed by atoms with Crippen molar-refractivity contribution in [1.29, 1.82) is 0 Å². The molecule has 3 aliphatic rings. The Bertz CT molecular complexity index is 1500. The summed E-state index contributed by atoms with van der Waals surface area (Å²) in [5.41, 5.74) is 0.811. The third-order valence-electron chi connectivity index (χ3n) is 12.1. The molecule has 3 unspecified atom stereocenters. The van der Waals surface area contributed by atoms with E-state index in [0.717, 1.165) is 48.1 Å². The van der Waals surface area contributed by atoms with Crippen LogP contribution in [0.5, 0.6) is 0 Å². The van der Waals surface area contributed by atoms with E-state index in [-0.39, 0.29) is 34.4 Å². The van der Waals surface area contributed by atoms with Crippen molar-refractivity contribution in [2.45, 2.75) is 109 Å². The molecule has 0 heterocycles. The van der Waals surface area contributed by atoms with Gasteiger partial charge in [0.1, 0.15) is 5.78 Å². The number of ketones is 1. The molecule has 0 amide bonds. The van der Waals surface area contributed by atoms with Crippen LogP contribution >= 0.6 is 0 Å². The zero-order valence-electron chi connectivity index (χ0n) is 28.3. The van der Waals surface area contributed by atoms with Crippen LogP contribution in [0.15, 0.2) is 46.4 Å². The van der Waals surface area contributed by atoms with Crippen molar-refractivity contribution in [2.24, 2.45) is 45.5 Å². The number of hydrazone groups is 1. The van der Waals surface area contributed by atoms with E-state index >= 15 is 0 Å². The molecule has 0 saturated heterocycles. The maximum atomic E-state index is 13.5. The fourth-order valence-electron chi connectivity index (χ4n) is 9.45. The molecule has 0 bridgehead atoms. The molecule has 2 aromatic rings. The van der Waals surface area contributed by atoms with Crippen molar-refractivity contribution in [3.05, 3.63) is 36.4 Å². The number of anilines is 1. The SMILES string of the molecule is CC(C)CCC[C@H]1CCC2C(C/C=N/NS(=O)(=O)c3ccc4c(N(C)C)cccc4c3)C([C@@]3(C)CC[C@H](O)CC3=O)CC[C@@]21C. The Balaban J connectivity index is 1.35. The molecule has 45 heavy (non-hydrogen) atoms. The predicted molar refractivity (Wildman–Crippen MR) is 184 cm³/mol. The van der Waals surface area contributed by atoms with Crippen molar-refractivity contribution >= 4 is 38.5 Å². The molecule has 3 fully saturated rings. The first-order chi connectivity index (χ1) is 21.3. The van der Waals surface area contributed by atoms with Gasteiger partial charge in [-0.3, -0.25) is 4.79 Å². The first-order valence-corrected chi connectivity index (χ1v) is 18.7. The number of Topliss-reactive ketones (excluding diaryl/α,β-unsaturated/α-hetero) is 1. The number of carbonyl (C=O) groups excluding carboxylic acids is 1. The summed E-state index contributed by atoms with van der Waals surface area (Å²) in [6.07, 6.45) is 11.8. The van der Waals surface area contributed by atoms with E-state index in [2.05, 4.69) is 37.6 Å². The van der Waals surface area contributed by atoms with Crippen LogP contribution in [0.25, 0.3) is 10.8 Å². The first kappa shape index (κ1) is 33.9. The molecule has 3 saturated carbocycles. The Hall–Kier alpha value is -2.45. The van der Waals surface area contributed by atoms with E-state index in [1.165, 1.54) is 25.7 Å². The second kappa shape index (κ2) is 13.3. The van der Waals surface area contributed by atoms with Gasteiger partial charge in [-0.25, -0.2) is 4.83 Å². The minimum Gasteiger partial charge on any atom is -0.393 e. The van der Waals surface area contributed by atoms with Gasteiger partial charge in [0, 0.05) is 43.2 Å². The van der Waals surface area contributed by atoms with Crippen molar-refractivity contribution < 1.29 is 18.3 Å². The normalized spacial score (nSPS) is 32.4. The third kappa shape index (κ3) is 6.83. The molecule has 5 rings (SSSR count). The standard InChI is InChI=1S/C37H55N3O4S/c1-25(2)9-7-11-27-13-16-32-31(33(18-21-36(27,32)3)37(4)20-17-28(41)24-35(37)42)19-22-38-39-45(43,44)29-14-15-30-26(23-29)10-8-12-34(30)40(5)6/h8,10,12,14-15,22-23,25,27-28,31-33,39,41H,7,9,11,13,16-21,24H2,1-6H3/b38-22+/t27-,28-,31?,32?,33?,36+,37+/m0/s1. The Morgan fingerprint density at radius 2 is 1.84 bits per heavy atom. The molecular formula is C37H55N3O4S. The van der Waals surface area contributed by atoms with Gasteiger partial charge in [0.25, 0.3) is 10.0 Å². The lowest BCUT2D eigenvalue weighted by Gasteiger charge is -2.54. The van der Waals surface area contributed by atoms with Gasteiger partial charge >= 0.3 is 0 Å². The summed E-state index contributed by atoms with van der Waals surface area (Å²) in [6.45, 7) is 9.23. The topological polar surface area (TPSA) is 99.1 Å². The quantitative estimate of drug-likeness (QED) is 0.196. The zero-order chi connectivity index (χ0) is 32.6. The van der Waals surface area contributed by atoms with E-state index in [1.54, 1.807) is 18.3 Å². The van der Waals surface area contributed by atoms with Gasteiger partial charge in [-0.2, -0.15) is 13.5 Å². The molecule has 7 atom stereocenters. The number of nitrogens with zero attached hydrogens (tertiary/aromatic N) is 2. The van der Waals surface area contributed by atoms with Crippen molar-refractivity contribution in [2.75, 3.05) is 19.0 Å². The van der Waals surface area contributed by atoms with Gasteiger partial charge in [0.2, 0.25) is 0 Å². The van der Waals surface area contributed by atoms with Gasteiger partial charge in [0.15, 0.2) is 0 Å². The summed E-state index contributed by atoms with van der Waals surface area (Å²) in [6, 6.07) is 11.1. The second-order valence-electron chi connectivity index (χ2n) is 15.5. The molecule has 3 aliphatic carbocycles. The number of carbonyl (C=O) groups is 1. The maximum Gasteiger partial charge on any atom is 0.276 e. The summed E-state index contributed by atoms with van der Waals surface area (Å²) in [7, 11) is 0.0998. The smallest absolute Gasteiger partial charge is 0.276 e. The van der Waals surface area contributed by atoms with E-state index < -0.39 is 21.5 Å². The number of rotatable bonds is 11. The highest BCUT2D eigenvalue weighted by Crippen LogP contribution is 2.64. The molecule has 0 spiro atoms. The number of fused-ring (bicyclic) bond motifs is 2. The molecule has 0 radical (unpaired) electrons. The number of nitrogens with one attached hydrogen (secondary N) is 1. The summed E-state index contributed by atoms with van der Waals surface area (Å²) in [4.78, 5) is 18.2. The van der Waals surface area contributed by atoms with Crippen LogP contribution in [0.2, 0.25) is 0 Å². The fourth-order valence-corrected chi connectivity index (χ4v) is 10.3. The fraction of sp³-hybridized carbons (Fsp3) is 0.676. The van der Waals surface area contributed by atoms with Crippen molar-refractivity contribution in [3.63, 3.8) is 0 Å². The summed E-state index contributed by atoms with van der Waals surface area (Å²) in [5, 5.41) is 16.4. The Kier molecular flexibility index (Phi) is 10.1. The molecule has 7 nitrogen and oxygen atoms in total. The number of aliphatic hydroxyl groups is 1. The van der Waals surface area contributed by atoms with E-state index in [9.17, 15) is 18.3 Å². The van der Waals surface area contributed by atoms with Gasteiger partial charge in [-0.05, 0) is 110 Å². The largest absolute Gasteiger partial charge is 0.393 e. The van der Waals surface area contributed by atoms with E-state index in [4.69, 9.17) is 0 Å². The third-order valence-corrected chi connectivity index (χ3v) is 13.3. The van der Waals surface area contributed by atoms with E-state index in [0.29, 0.717) is 24.7 Å². The minimum atomic E-state index is -3.85. The van der Waals surface area contributed by atoms with E-state index in [1.807, 2.05) is 43.3 Å². The van der Waals surface area contributed by atoms with Crippen LogP contribution in [-0.4, -0.2) is 45.7 Å². The highest BCUT2D eigenvalue weighted by molar-refractivity contribution is 7.89. The number of aliphatic hydroxyl groups excluding tert-OH is 1. The van der Waals surface area contributed by atoms with Crippen LogP contribution in [0.4, 0.5) is 5.69 Å². The van der Waals surface area contributed by atoms with Crippen LogP contribution < -0.4 is 9.73 Å². The van der Waals surface area contributed by atoms with Gasteiger partial charge < -0.3 is 10.0 Å². The van der Waals surface area contributed by atoms with Crippen LogP contribution in [-0.2, 0) is 14.8 Å². The lowest BCUT2D eigenvalue weighted by atomic mass is 9.50. The van der Waals surface area contributed by atoms with Gasteiger partial charge in [-0.15, -0.1) is 0 Å². The Labute approximate surface area is 271 Å². The zero-order valence-corrected chi connectivity index (χ0v) is 29.1. The highest BCUT2D eigenvalue weighted by atomic mass is 32.2. The average molecular weight is 638 g/mol. The Morgan fingerprint density at radius 1 is 1.07 bits per heavy atom. The number of benzene rings is 2. The Morgan fingerprint density at radius 3 is 2.56 bits per heavy atom. The van der Waals surface area contributed by atoms with Crippen LogP contribution in [0.1, 0.15) is 98.3 Å². The maximum absolute atomic E-state index is 13.5. The van der Waals surface area contributed by atoms with Crippen LogP contribution in [0, 0.1) is 40.4 Å². The summed E-state index contributed by atoms with van der Waals surface area (Å²) < 4.78 is 26.6. The lowest BCUT2D eigenvalue weighted by Crippen LogP contribution is -2.51.